The Morgan fingerprint density at radius 1 is 1.22 bits per heavy atom. The minimum atomic E-state index is -0.507. The van der Waals surface area contributed by atoms with Crippen molar-refractivity contribution in [1.82, 2.24) is 19.8 Å². The van der Waals surface area contributed by atoms with Crippen LogP contribution >= 0.6 is 0 Å². The Hall–Kier alpha value is -3.16. The number of aliphatic imine (C=N–C) groups is 1. The zero-order valence-corrected chi connectivity index (χ0v) is 12.6. The molecule has 1 saturated heterocycles. The molecule has 3 rings (SSSR count). The van der Waals surface area contributed by atoms with Crippen LogP contribution in [0.5, 0.6) is 5.75 Å². The average Bonchev–Trinajstić information content (AvgIpc) is 2.97. The van der Waals surface area contributed by atoms with Gasteiger partial charge in [0.2, 0.25) is 11.8 Å². The number of benzene rings is 1. The summed E-state index contributed by atoms with van der Waals surface area (Å²) in [6.07, 6.45) is 2.37. The number of imide groups is 1. The number of imidazole rings is 1. The molecule has 0 aliphatic carbocycles. The van der Waals surface area contributed by atoms with Crippen molar-refractivity contribution in [3.05, 3.63) is 41.7 Å². The average molecular weight is 313 g/mol. The molecule has 2 aromatic rings. The number of amides is 3. The summed E-state index contributed by atoms with van der Waals surface area (Å²) < 4.78 is 1.68. The summed E-state index contributed by atoms with van der Waals surface area (Å²) in [5.74, 6) is 0.0136. The number of amidine groups is 1. The molecule has 1 aliphatic heterocycles. The number of phenols is 1. The highest BCUT2D eigenvalue weighted by atomic mass is 16.3. The number of phenolic OH excluding ortho intramolecular Hbond substituents is 1. The van der Waals surface area contributed by atoms with E-state index in [1.807, 2.05) is 12.1 Å². The summed E-state index contributed by atoms with van der Waals surface area (Å²) in [6, 6.07) is 6.34. The van der Waals surface area contributed by atoms with E-state index in [-0.39, 0.29) is 11.6 Å². The molecule has 1 aromatic carbocycles. The maximum absolute atomic E-state index is 11.8. The maximum atomic E-state index is 11.8. The number of rotatable bonds is 3. The van der Waals surface area contributed by atoms with Crippen LogP contribution in [0.15, 0.2) is 35.5 Å². The molecule has 8 nitrogen and oxygen atoms in total. The topological polar surface area (TPSA) is 99.8 Å². The van der Waals surface area contributed by atoms with Gasteiger partial charge in [-0.25, -0.2) is 9.78 Å². The molecule has 2 N–H and O–H groups in total. The third-order valence-electron chi connectivity index (χ3n) is 3.47. The van der Waals surface area contributed by atoms with Crippen LogP contribution < -0.4 is 5.32 Å². The fraction of sp³-hybridized carbons (Fsp3) is 0.200. The van der Waals surface area contributed by atoms with Gasteiger partial charge in [0, 0.05) is 26.7 Å². The van der Waals surface area contributed by atoms with E-state index < -0.39 is 11.9 Å². The smallest absolute Gasteiger partial charge is 0.329 e. The molecule has 118 valence electrons. The Morgan fingerprint density at radius 3 is 2.52 bits per heavy atom. The van der Waals surface area contributed by atoms with E-state index in [9.17, 15) is 14.7 Å². The summed E-state index contributed by atoms with van der Waals surface area (Å²) in [4.78, 5) is 32.7. The molecule has 23 heavy (non-hydrogen) atoms. The summed E-state index contributed by atoms with van der Waals surface area (Å²) >= 11 is 0. The van der Waals surface area contributed by atoms with Crippen molar-refractivity contribution in [2.24, 2.45) is 12.0 Å². The van der Waals surface area contributed by atoms with Crippen LogP contribution in [0.1, 0.15) is 11.3 Å². The van der Waals surface area contributed by atoms with Gasteiger partial charge >= 0.3 is 6.03 Å². The van der Waals surface area contributed by atoms with E-state index in [0.717, 1.165) is 16.2 Å². The molecular weight excluding hydrogens is 298 g/mol. The van der Waals surface area contributed by atoms with E-state index in [0.29, 0.717) is 12.4 Å². The molecule has 0 spiro atoms. The zero-order valence-electron chi connectivity index (χ0n) is 12.6. The highest BCUT2D eigenvalue weighted by Gasteiger charge is 2.32. The van der Waals surface area contributed by atoms with Crippen molar-refractivity contribution in [2.45, 2.75) is 6.42 Å². The highest BCUT2D eigenvalue weighted by Crippen LogP contribution is 2.17. The van der Waals surface area contributed by atoms with Crippen LogP contribution in [-0.2, 0) is 18.3 Å². The fourth-order valence-electron chi connectivity index (χ4n) is 2.19. The Balaban J connectivity index is 1.83. The van der Waals surface area contributed by atoms with Gasteiger partial charge in [-0.05, 0) is 17.7 Å². The third-order valence-corrected chi connectivity index (χ3v) is 3.47. The molecule has 8 heteroatoms. The summed E-state index contributed by atoms with van der Waals surface area (Å²) in [7, 11) is 3.15. The molecule has 0 radical (unpaired) electrons. The van der Waals surface area contributed by atoms with Crippen LogP contribution in [0.4, 0.5) is 10.7 Å². The second-order valence-electron chi connectivity index (χ2n) is 5.24. The van der Waals surface area contributed by atoms with Gasteiger partial charge in [0.05, 0.1) is 5.69 Å². The minimum Gasteiger partial charge on any atom is -0.508 e. The highest BCUT2D eigenvalue weighted by molar-refractivity contribution is 6.47. The van der Waals surface area contributed by atoms with Gasteiger partial charge in [0.15, 0.2) is 0 Å². The number of aromatic nitrogens is 2. The molecule has 1 aromatic heterocycles. The van der Waals surface area contributed by atoms with Crippen LogP contribution in [0.3, 0.4) is 0 Å². The molecule has 1 aliphatic rings. The number of aromatic hydroxyl groups is 1. The van der Waals surface area contributed by atoms with Crippen molar-refractivity contribution < 1.29 is 14.7 Å². The van der Waals surface area contributed by atoms with Crippen LogP contribution in [0, 0.1) is 0 Å². The van der Waals surface area contributed by atoms with Crippen molar-refractivity contribution in [2.75, 3.05) is 7.05 Å². The molecule has 2 heterocycles. The monoisotopic (exact) mass is 313 g/mol. The predicted molar refractivity (Wildman–Crippen MR) is 82.5 cm³/mol. The van der Waals surface area contributed by atoms with Crippen LogP contribution in [0.25, 0.3) is 0 Å². The lowest BCUT2D eigenvalue weighted by Crippen LogP contribution is -2.25. The van der Waals surface area contributed by atoms with E-state index >= 15 is 0 Å². The second kappa shape index (κ2) is 5.56. The lowest BCUT2D eigenvalue weighted by molar-refractivity contribution is -0.119. The summed E-state index contributed by atoms with van der Waals surface area (Å²) in [5.41, 5.74) is 1.76. The van der Waals surface area contributed by atoms with Gasteiger partial charge in [0.25, 0.3) is 5.91 Å². The number of hydrogen-bond acceptors (Lipinski definition) is 5. The standard InChI is InChI=1S/C15H15N5O3/c1-19-8-10(7-9-3-5-11(21)6-4-9)16-14(19)17-12-13(22)20(2)15(23)18-12/h3-6,8,21H,7H2,1-2H3,(H,16,17,18,23). The number of aryl methyl sites for hydroxylation is 1. The largest absolute Gasteiger partial charge is 0.508 e. The van der Waals surface area contributed by atoms with Gasteiger partial charge in [-0.2, -0.15) is 4.99 Å². The van der Waals surface area contributed by atoms with Crippen molar-refractivity contribution in [3.63, 3.8) is 0 Å². The molecule has 0 bridgehead atoms. The number of likely N-dealkylation sites (N-methyl/N-ethyl adjacent to an activating group) is 1. The van der Waals surface area contributed by atoms with Crippen molar-refractivity contribution in [1.29, 1.82) is 0 Å². The molecule has 0 unspecified atom stereocenters. The number of nitrogens with one attached hydrogen (secondary N) is 1. The van der Waals surface area contributed by atoms with E-state index in [2.05, 4.69) is 15.3 Å². The Morgan fingerprint density at radius 2 is 1.91 bits per heavy atom. The SMILES string of the molecule is CN1C(=O)N/C(=N\c2nc(Cc3ccc(O)cc3)cn2C)C1=O. The Kier molecular flexibility index (Phi) is 3.57. The van der Waals surface area contributed by atoms with Gasteiger partial charge in [-0.3, -0.25) is 15.0 Å². The van der Waals surface area contributed by atoms with Crippen LogP contribution in [0.2, 0.25) is 0 Å². The summed E-state index contributed by atoms with van der Waals surface area (Å²) in [6.45, 7) is 0. The zero-order chi connectivity index (χ0) is 16.6. The Bertz CT molecular complexity index is 807. The van der Waals surface area contributed by atoms with Gasteiger partial charge in [0.1, 0.15) is 5.75 Å². The number of hydrogen-bond donors (Lipinski definition) is 2. The normalized spacial score (nSPS) is 16.3. The molecule has 0 saturated carbocycles. The maximum Gasteiger partial charge on any atom is 0.329 e. The first kappa shape index (κ1) is 14.8. The molecule has 0 atom stereocenters. The van der Waals surface area contributed by atoms with Crippen LogP contribution in [-0.4, -0.2) is 44.4 Å². The first-order valence-corrected chi connectivity index (χ1v) is 6.92. The molecule has 3 amide bonds. The number of carbonyl (C=O) groups is 2. The van der Waals surface area contributed by atoms with E-state index in [1.54, 1.807) is 29.9 Å². The van der Waals surface area contributed by atoms with E-state index in [4.69, 9.17) is 0 Å². The lowest BCUT2D eigenvalue weighted by atomic mass is 10.1. The van der Waals surface area contributed by atoms with E-state index in [1.165, 1.54) is 7.05 Å². The fourth-order valence-corrected chi connectivity index (χ4v) is 2.19. The third kappa shape index (κ3) is 2.91. The first-order valence-electron chi connectivity index (χ1n) is 6.92. The lowest BCUT2D eigenvalue weighted by Gasteiger charge is -1.99. The summed E-state index contributed by atoms with van der Waals surface area (Å²) in [5, 5.41) is 11.7. The number of nitrogens with zero attached hydrogens (tertiary/aromatic N) is 4. The molecular formula is C15H15N5O3. The van der Waals surface area contributed by atoms with Crippen molar-refractivity contribution >= 4 is 23.7 Å². The Labute approximate surface area is 132 Å². The second-order valence-corrected chi connectivity index (χ2v) is 5.24. The predicted octanol–water partition coefficient (Wildman–Crippen LogP) is 0.928. The number of carbonyl (C=O) groups excluding carboxylic acids is 2. The first-order chi connectivity index (χ1) is 10.9. The quantitative estimate of drug-likeness (QED) is 0.823. The van der Waals surface area contributed by atoms with Crippen molar-refractivity contribution in [3.8, 4) is 5.75 Å². The van der Waals surface area contributed by atoms with Gasteiger partial charge in [-0.1, -0.05) is 12.1 Å². The van der Waals surface area contributed by atoms with Gasteiger partial charge < -0.3 is 9.67 Å². The van der Waals surface area contributed by atoms with Gasteiger partial charge in [-0.15, -0.1) is 0 Å². The number of urea groups is 1. The minimum absolute atomic E-state index is 0.0395. The molecule has 1 fully saturated rings.